The van der Waals surface area contributed by atoms with Crippen LogP contribution in [-0.2, 0) is 21.1 Å². The Kier molecular flexibility index (Phi) is 6.66. The molecule has 0 amide bonds. The normalized spacial score (nSPS) is 12.6. The smallest absolute Gasteiger partial charge is 0.268 e. The van der Waals surface area contributed by atoms with Gasteiger partial charge in [-0.3, -0.25) is 0 Å². The molecule has 0 unspecified atom stereocenters. The summed E-state index contributed by atoms with van der Waals surface area (Å²) in [7, 11) is -6.42. The minimum Gasteiger partial charge on any atom is -0.403 e. The van der Waals surface area contributed by atoms with Gasteiger partial charge in [0, 0.05) is 11.6 Å². The van der Waals surface area contributed by atoms with Crippen molar-refractivity contribution in [3.05, 3.63) is 127 Å². The van der Waals surface area contributed by atoms with E-state index in [0.29, 0.717) is 12.1 Å². The van der Waals surface area contributed by atoms with Crippen molar-refractivity contribution in [1.29, 1.82) is 0 Å². The first kappa shape index (κ1) is 25.2. The number of benzene rings is 4. The number of fused-ring (bicyclic) bond motifs is 1. The summed E-state index contributed by atoms with van der Waals surface area (Å²) in [6, 6.07) is 37.3. The van der Waals surface area contributed by atoms with Crippen LogP contribution in [-0.4, -0.2) is 20.7 Å². The van der Waals surface area contributed by atoms with Crippen LogP contribution < -0.4 is 10.4 Å². The fourth-order valence-electron chi connectivity index (χ4n) is 5.11. The second-order valence-corrected chi connectivity index (χ2v) is 16.4. The molecule has 0 bridgehead atoms. The summed E-state index contributed by atoms with van der Waals surface area (Å²) in [5.41, 5.74) is 1.58. The molecular formula is C31H31NO3SSi. The summed E-state index contributed by atoms with van der Waals surface area (Å²) in [6.07, 6.45) is 1.62. The van der Waals surface area contributed by atoms with Crippen molar-refractivity contribution in [2.75, 3.05) is 0 Å². The van der Waals surface area contributed by atoms with Gasteiger partial charge < -0.3 is 4.43 Å². The van der Waals surface area contributed by atoms with E-state index in [-0.39, 0.29) is 9.93 Å². The zero-order valence-electron chi connectivity index (χ0n) is 21.3. The van der Waals surface area contributed by atoms with E-state index in [2.05, 4.69) is 69.3 Å². The number of rotatable bonds is 7. The predicted octanol–water partition coefficient (Wildman–Crippen LogP) is 5.95. The van der Waals surface area contributed by atoms with Gasteiger partial charge in [-0.25, -0.2) is 12.4 Å². The first-order chi connectivity index (χ1) is 17.7. The Morgan fingerprint density at radius 2 is 1.27 bits per heavy atom. The summed E-state index contributed by atoms with van der Waals surface area (Å²) < 4.78 is 35.2. The lowest BCUT2D eigenvalue weighted by Crippen LogP contribution is -2.66. The Bertz CT molecular complexity index is 1570. The Morgan fingerprint density at radius 3 is 1.81 bits per heavy atom. The highest BCUT2D eigenvalue weighted by atomic mass is 32.2. The molecule has 0 N–H and O–H groups in total. The van der Waals surface area contributed by atoms with Gasteiger partial charge in [-0.15, -0.1) is 0 Å². The molecule has 0 radical (unpaired) electrons. The van der Waals surface area contributed by atoms with E-state index < -0.39 is 18.3 Å². The van der Waals surface area contributed by atoms with Crippen LogP contribution in [0.3, 0.4) is 0 Å². The van der Waals surface area contributed by atoms with Gasteiger partial charge in [0.25, 0.3) is 18.3 Å². The van der Waals surface area contributed by atoms with Crippen molar-refractivity contribution in [2.45, 2.75) is 37.3 Å². The van der Waals surface area contributed by atoms with Crippen LogP contribution in [0.15, 0.2) is 126 Å². The first-order valence-electron chi connectivity index (χ1n) is 12.4. The van der Waals surface area contributed by atoms with Crippen LogP contribution in [0.25, 0.3) is 10.9 Å². The molecule has 0 aliphatic rings. The van der Waals surface area contributed by atoms with Crippen LogP contribution in [0.4, 0.5) is 0 Å². The maximum absolute atomic E-state index is 13.4. The van der Waals surface area contributed by atoms with E-state index in [9.17, 15) is 8.42 Å². The summed E-state index contributed by atoms with van der Waals surface area (Å²) >= 11 is 0. The monoisotopic (exact) mass is 525 g/mol. The van der Waals surface area contributed by atoms with Gasteiger partial charge in [-0.2, -0.15) is 0 Å². The quantitative estimate of drug-likeness (QED) is 0.247. The molecule has 5 rings (SSSR count). The number of hydrogen-bond donors (Lipinski definition) is 0. The molecule has 0 fully saturated rings. The predicted molar refractivity (Wildman–Crippen MR) is 153 cm³/mol. The Labute approximate surface area is 220 Å². The number of hydrogen-bond acceptors (Lipinski definition) is 3. The maximum atomic E-state index is 13.4. The fourth-order valence-corrected chi connectivity index (χ4v) is 11.0. The Hall–Kier alpha value is -3.45. The maximum Gasteiger partial charge on any atom is 0.268 e. The molecule has 6 heteroatoms. The van der Waals surface area contributed by atoms with Crippen molar-refractivity contribution in [2.24, 2.45) is 0 Å². The van der Waals surface area contributed by atoms with Crippen molar-refractivity contribution in [3.63, 3.8) is 0 Å². The lowest BCUT2D eigenvalue weighted by atomic mass is 10.2. The van der Waals surface area contributed by atoms with Crippen LogP contribution in [0, 0.1) is 0 Å². The molecule has 188 valence electrons. The van der Waals surface area contributed by atoms with Gasteiger partial charge in [0.05, 0.1) is 17.0 Å². The molecule has 5 aromatic rings. The molecule has 1 aromatic heterocycles. The molecule has 0 saturated carbocycles. The van der Waals surface area contributed by atoms with E-state index in [0.717, 1.165) is 10.9 Å². The van der Waals surface area contributed by atoms with Crippen LogP contribution in [0.1, 0.15) is 26.3 Å². The minimum absolute atomic E-state index is 0.142. The zero-order chi connectivity index (χ0) is 26.1. The van der Waals surface area contributed by atoms with Gasteiger partial charge in [-0.1, -0.05) is 112 Å². The van der Waals surface area contributed by atoms with E-state index in [1.165, 1.54) is 14.3 Å². The molecule has 1 heterocycles. The third-order valence-electron chi connectivity index (χ3n) is 6.89. The molecule has 0 saturated heterocycles. The highest BCUT2D eigenvalue weighted by Gasteiger charge is 2.50. The second-order valence-electron chi connectivity index (χ2n) is 10.3. The van der Waals surface area contributed by atoms with E-state index >= 15 is 0 Å². The molecule has 0 aliphatic heterocycles. The van der Waals surface area contributed by atoms with E-state index in [1.54, 1.807) is 30.5 Å². The molecule has 0 spiro atoms. The van der Waals surface area contributed by atoms with Gasteiger partial charge in [0.2, 0.25) is 0 Å². The third-order valence-corrected chi connectivity index (χ3v) is 13.6. The third kappa shape index (κ3) is 4.57. The molecular weight excluding hydrogens is 494 g/mol. The Morgan fingerprint density at radius 1 is 0.730 bits per heavy atom. The van der Waals surface area contributed by atoms with Crippen molar-refractivity contribution in [3.8, 4) is 0 Å². The molecule has 37 heavy (non-hydrogen) atoms. The average Bonchev–Trinajstić information content (AvgIpc) is 3.34. The second kappa shape index (κ2) is 9.78. The SMILES string of the molecule is CC(C)(C)[Si](OCc1ccc2ccn(S(=O)(=O)c3ccccc3)c2c1)(c1ccccc1)c1ccccc1. The van der Waals surface area contributed by atoms with Gasteiger partial charge >= 0.3 is 0 Å². The lowest BCUT2D eigenvalue weighted by Gasteiger charge is -2.43. The van der Waals surface area contributed by atoms with Crippen molar-refractivity contribution in [1.82, 2.24) is 3.97 Å². The van der Waals surface area contributed by atoms with Gasteiger partial charge in [0.15, 0.2) is 0 Å². The summed E-state index contributed by atoms with van der Waals surface area (Å²) in [6.45, 7) is 7.12. The fraction of sp³-hybridized carbons (Fsp3) is 0.161. The Balaban J connectivity index is 1.57. The van der Waals surface area contributed by atoms with Gasteiger partial charge in [0.1, 0.15) is 0 Å². The number of nitrogens with zero attached hydrogens (tertiary/aromatic N) is 1. The molecule has 0 aliphatic carbocycles. The molecule has 0 atom stereocenters. The highest BCUT2D eigenvalue weighted by molar-refractivity contribution is 7.90. The van der Waals surface area contributed by atoms with Crippen LogP contribution in [0.2, 0.25) is 5.04 Å². The summed E-state index contributed by atoms with van der Waals surface area (Å²) in [5.74, 6) is 0. The van der Waals surface area contributed by atoms with Gasteiger partial charge in [-0.05, 0) is 45.2 Å². The zero-order valence-corrected chi connectivity index (χ0v) is 23.2. The van der Waals surface area contributed by atoms with Crippen molar-refractivity contribution < 1.29 is 12.8 Å². The first-order valence-corrected chi connectivity index (χ1v) is 15.7. The summed E-state index contributed by atoms with van der Waals surface area (Å²) in [5, 5.41) is 3.15. The van der Waals surface area contributed by atoms with Crippen LogP contribution >= 0.6 is 0 Å². The van der Waals surface area contributed by atoms with E-state index in [4.69, 9.17) is 4.43 Å². The van der Waals surface area contributed by atoms with Crippen molar-refractivity contribution >= 4 is 39.6 Å². The lowest BCUT2D eigenvalue weighted by molar-refractivity contribution is 0.286. The highest BCUT2D eigenvalue weighted by Crippen LogP contribution is 2.37. The largest absolute Gasteiger partial charge is 0.403 e. The average molecular weight is 526 g/mol. The van der Waals surface area contributed by atoms with E-state index in [1.807, 2.05) is 42.5 Å². The summed E-state index contributed by atoms with van der Waals surface area (Å²) in [4.78, 5) is 0.265. The van der Waals surface area contributed by atoms with Crippen LogP contribution in [0.5, 0.6) is 0 Å². The standard InChI is InChI=1S/C31H31NO3SSi/c1-31(2,3)37(28-15-9-5-10-16-28,29-17-11-6-12-18-29)35-24-25-19-20-26-21-22-32(30(26)23-25)36(33,34)27-13-7-4-8-14-27/h4-23H,24H2,1-3H3. The number of aromatic nitrogens is 1. The molecule has 4 nitrogen and oxygen atoms in total. The molecule has 4 aromatic carbocycles. The topological polar surface area (TPSA) is 48.3 Å². The minimum atomic E-state index is -3.71.